The van der Waals surface area contributed by atoms with E-state index in [0.717, 1.165) is 16.8 Å². The second-order valence-electron chi connectivity index (χ2n) is 3.51. The van der Waals surface area contributed by atoms with Crippen LogP contribution < -0.4 is 5.32 Å². The maximum absolute atomic E-state index is 5.08. The molecule has 2 aromatic heterocycles. The van der Waals surface area contributed by atoms with Crippen LogP contribution in [-0.2, 0) is 0 Å². The highest BCUT2D eigenvalue weighted by atomic mass is 16.3. The molecule has 0 saturated heterocycles. The van der Waals surface area contributed by atoms with Crippen molar-refractivity contribution in [3.63, 3.8) is 0 Å². The molecule has 0 fully saturated rings. The molecule has 0 aliphatic carbocycles. The summed E-state index contributed by atoms with van der Waals surface area (Å²) < 4.78 is 5.08. The number of aromatic nitrogens is 1. The largest absolute Gasteiger partial charge is 0.472 e. The minimum atomic E-state index is 0.150. The van der Waals surface area contributed by atoms with Crippen molar-refractivity contribution in [3.8, 4) is 0 Å². The number of nitrogens with zero attached hydrogens (tertiary/aromatic N) is 1. The van der Waals surface area contributed by atoms with E-state index in [0.29, 0.717) is 0 Å². The number of nitrogens with one attached hydrogen (secondary N) is 1. The average Bonchev–Trinajstić information content (AvgIpc) is 2.75. The topological polar surface area (TPSA) is 38.1 Å². The second kappa shape index (κ2) is 4.28. The first kappa shape index (κ1) is 9.93. The summed E-state index contributed by atoms with van der Waals surface area (Å²) >= 11 is 0. The smallest absolute Gasteiger partial charge is 0.0953 e. The molecule has 2 rings (SSSR count). The number of pyridine rings is 1. The molecule has 0 saturated carbocycles. The Labute approximate surface area is 89.1 Å². The molecule has 2 aromatic rings. The Morgan fingerprint density at radius 1 is 1.27 bits per heavy atom. The van der Waals surface area contributed by atoms with E-state index < -0.39 is 0 Å². The fraction of sp³-hybridized carbons (Fsp3) is 0.250. The summed E-state index contributed by atoms with van der Waals surface area (Å²) in [5, 5.41) is 3.24. The number of rotatable bonds is 3. The van der Waals surface area contributed by atoms with Gasteiger partial charge in [-0.05, 0) is 31.7 Å². The number of aryl methyl sites for hydroxylation is 1. The van der Waals surface area contributed by atoms with Crippen LogP contribution in [0.15, 0.2) is 41.3 Å². The molecule has 3 nitrogen and oxygen atoms in total. The standard InChI is InChI=1S/C12H14N2O/c1-9-3-4-10(7-14-9)12(13-2)11-5-6-15-8-11/h3-8,12-13H,1-2H3. The molecule has 0 spiro atoms. The highest BCUT2D eigenvalue weighted by molar-refractivity contribution is 5.27. The zero-order chi connectivity index (χ0) is 10.7. The Morgan fingerprint density at radius 2 is 2.13 bits per heavy atom. The van der Waals surface area contributed by atoms with Gasteiger partial charge in [-0.25, -0.2) is 0 Å². The number of furan rings is 1. The minimum absolute atomic E-state index is 0.150. The van der Waals surface area contributed by atoms with Gasteiger partial charge in [0.05, 0.1) is 18.6 Å². The van der Waals surface area contributed by atoms with E-state index in [1.807, 2.05) is 32.3 Å². The molecule has 15 heavy (non-hydrogen) atoms. The zero-order valence-corrected chi connectivity index (χ0v) is 8.90. The van der Waals surface area contributed by atoms with Crippen molar-refractivity contribution in [2.24, 2.45) is 0 Å². The molecule has 2 heterocycles. The van der Waals surface area contributed by atoms with Gasteiger partial charge in [0.2, 0.25) is 0 Å². The number of hydrogen-bond donors (Lipinski definition) is 1. The Morgan fingerprint density at radius 3 is 2.67 bits per heavy atom. The molecule has 0 aliphatic heterocycles. The molecular formula is C12H14N2O. The van der Waals surface area contributed by atoms with Gasteiger partial charge < -0.3 is 9.73 Å². The highest BCUT2D eigenvalue weighted by Gasteiger charge is 2.12. The van der Waals surface area contributed by atoms with Crippen LogP contribution in [0.4, 0.5) is 0 Å². The quantitative estimate of drug-likeness (QED) is 0.829. The average molecular weight is 202 g/mol. The molecule has 0 aliphatic rings. The lowest BCUT2D eigenvalue weighted by molar-refractivity contribution is 0.557. The van der Waals surface area contributed by atoms with Gasteiger partial charge in [0.15, 0.2) is 0 Å². The van der Waals surface area contributed by atoms with Gasteiger partial charge in [-0.3, -0.25) is 4.98 Å². The van der Waals surface area contributed by atoms with Crippen LogP contribution in [0.5, 0.6) is 0 Å². The van der Waals surface area contributed by atoms with E-state index in [1.54, 1.807) is 12.5 Å². The maximum atomic E-state index is 5.08. The van der Waals surface area contributed by atoms with E-state index in [2.05, 4.69) is 16.4 Å². The lowest BCUT2D eigenvalue weighted by Gasteiger charge is -2.14. The molecule has 1 N–H and O–H groups in total. The fourth-order valence-electron chi connectivity index (χ4n) is 1.62. The summed E-state index contributed by atoms with van der Waals surface area (Å²) in [6, 6.07) is 6.20. The maximum Gasteiger partial charge on any atom is 0.0953 e. The zero-order valence-electron chi connectivity index (χ0n) is 8.90. The van der Waals surface area contributed by atoms with Gasteiger partial charge in [-0.2, -0.15) is 0 Å². The van der Waals surface area contributed by atoms with Gasteiger partial charge in [0.25, 0.3) is 0 Å². The van der Waals surface area contributed by atoms with E-state index >= 15 is 0 Å². The Bertz CT molecular complexity index is 406. The molecule has 0 amide bonds. The van der Waals surface area contributed by atoms with Crippen LogP contribution in [-0.4, -0.2) is 12.0 Å². The van der Waals surface area contributed by atoms with Crippen LogP contribution in [0.1, 0.15) is 22.9 Å². The predicted octanol–water partition coefficient (Wildman–Crippen LogP) is 2.29. The molecule has 0 bridgehead atoms. The van der Waals surface area contributed by atoms with E-state index in [9.17, 15) is 0 Å². The Kier molecular flexibility index (Phi) is 2.83. The minimum Gasteiger partial charge on any atom is -0.472 e. The summed E-state index contributed by atoms with van der Waals surface area (Å²) in [6.45, 7) is 1.98. The van der Waals surface area contributed by atoms with Gasteiger partial charge in [-0.15, -0.1) is 0 Å². The third-order valence-corrected chi connectivity index (χ3v) is 2.43. The Balaban J connectivity index is 2.31. The molecule has 78 valence electrons. The van der Waals surface area contributed by atoms with E-state index in [1.165, 1.54) is 0 Å². The second-order valence-corrected chi connectivity index (χ2v) is 3.51. The van der Waals surface area contributed by atoms with Crippen LogP contribution in [0.2, 0.25) is 0 Å². The molecule has 1 unspecified atom stereocenters. The summed E-state index contributed by atoms with van der Waals surface area (Å²) in [4.78, 5) is 4.29. The first-order valence-corrected chi connectivity index (χ1v) is 4.93. The third kappa shape index (κ3) is 2.07. The van der Waals surface area contributed by atoms with Crippen LogP contribution in [0.3, 0.4) is 0 Å². The van der Waals surface area contributed by atoms with Crippen molar-refractivity contribution >= 4 is 0 Å². The monoisotopic (exact) mass is 202 g/mol. The van der Waals surface area contributed by atoms with Crippen molar-refractivity contribution < 1.29 is 4.42 Å². The van der Waals surface area contributed by atoms with E-state index in [4.69, 9.17) is 4.42 Å². The fourth-order valence-corrected chi connectivity index (χ4v) is 1.62. The van der Waals surface area contributed by atoms with Crippen molar-refractivity contribution in [1.29, 1.82) is 0 Å². The van der Waals surface area contributed by atoms with Crippen LogP contribution >= 0.6 is 0 Å². The summed E-state index contributed by atoms with van der Waals surface area (Å²) in [5.74, 6) is 0. The SMILES string of the molecule is CNC(c1ccc(C)nc1)c1ccoc1. The summed E-state index contributed by atoms with van der Waals surface area (Å²) in [6.07, 6.45) is 5.33. The molecule has 0 aromatic carbocycles. The van der Waals surface area contributed by atoms with Crippen LogP contribution in [0.25, 0.3) is 0 Å². The van der Waals surface area contributed by atoms with Gasteiger partial charge in [-0.1, -0.05) is 6.07 Å². The molecule has 0 radical (unpaired) electrons. The number of hydrogen-bond acceptors (Lipinski definition) is 3. The van der Waals surface area contributed by atoms with Crippen molar-refractivity contribution in [2.75, 3.05) is 7.05 Å². The van der Waals surface area contributed by atoms with Gasteiger partial charge in [0, 0.05) is 17.5 Å². The lowest BCUT2D eigenvalue weighted by atomic mass is 10.0. The van der Waals surface area contributed by atoms with Crippen molar-refractivity contribution in [3.05, 3.63) is 53.7 Å². The first-order valence-electron chi connectivity index (χ1n) is 4.93. The normalized spacial score (nSPS) is 12.7. The Hall–Kier alpha value is -1.61. The summed E-state index contributed by atoms with van der Waals surface area (Å²) in [5.41, 5.74) is 3.29. The third-order valence-electron chi connectivity index (χ3n) is 2.43. The van der Waals surface area contributed by atoms with Gasteiger partial charge in [0.1, 0.15) is 0 Å². The van der Waals surface area contributed by atoms with Crippen molar-refractivity contribution in [1.82, 2.24) is 10.3 Å². The molecular weight excluding hydrogens is 188 g/mol. The first-order chi connectivity index (χ1) is 7.31. The summed E-state index contributed by atoms with van der Waals surface area (Å²) in [7, 11) is 1.93. The van der Waals surface area contributed by atoms with Crippen LogP contribution in [0, 0.1) is 6.92 Å². The highest BCUT2D eigenvalue weighted by Crippen LogP contribution is 2.21. The predicted molar refractivity (Wildman–Crippen MR) is 58.6 cm³/mol. The van der Waals surface area contributed by atoms with Crippen molar-refractivity contribution in [2.45, 2.75) is 13.0 Å². The molecule has 1 atom stereocenters. The molecule has 3 heteroatoms. The van der Waals surface area contributed by atoms with E-state index in [-0.39, 0.29) is 6.04 Å². The van der Waals surface area contributed by atoms with Gasteiger partial charge >= 0.3 is 0 Å². The lowest BCUT2D eigenvalue weighted by Crippen LogP contribution is -2.17.